The van der Waals surface area contributed by atoms with Crippen LogP contribution in [0.2, 0.25) is 0 Å². The summed E-state index contributed by atoms with van der Waals surface area (Å²) in [4.78, 5) is 30.9. The van der Waals surface area contributed by atoms with Crippen molar-refractivity contribution in [3.8, 4) is 0 Å². The van der Waals surface area contributed by atoms with Crippen molar-refractivity contribution in [3.05, 3.63) is 0 Å². The number of nitrogens with zero attached hydrogens (tertiary/aromatic N) is 3. The van der Waals surface area contributed by atoms with Gasteiger partial charge in [-0.1, -0.05) is 13.8 Å². The van der Waals surface area contributed by atoms with Crippen LogP contribution in [0.3, 0.4) is 0 Å². The van der Waals surface area contributed by atoms with Gasteiger partial charge in [0.05, 0.1) is 7.11 Å². The maximum absolute atomic E-state index is 12.9. The van der Waals surface area contributed by atoms with Gasteiger partial charge in [-0.15, -0.1) is 0 Å². The summed E-state index contributed by atoms with van der Waals surface area (Å²) in [5.41, 5.74) is 0. The van der Waals surface area contributed by atoms with Crippen molar-refractivity contribution in [2.75, 3.05) is 46.4 Å². The second-order valence-corrected chi connectivity index (χ2v) is 7.05. The van der Waals surface area contributed by atoms with E-state index in [2.05, 4.69) is 18.7 Å². The van der Waals surface area contributed by atoms with Gasteiger partial charge in [0.15, 0.2) is 0 Å². The SMILES string of the molecule is COC(=O)N1CCCC[C@H]1C(=O)N1CCCN(CC(C)C)CC1. The molecule has 0 N–H and O–H groups in total. The van der Waals surface area contributed by atoms with Crippen LogP contribution >= 0.6 is 0 Å². The Morgan fingerprint density at radius 2 is 1.83 bits per heavy atom. The minimum absolute atomic E-state index is 0.0986. The minimum Gasteiger partial charge on any atom is -0.453 e. The van der Waals surface area contributed by atoms with Gasteiger partial charge in [-0.3, -0.25) is 9.69 Å². The van der Waals surface area contributed by atoms with Gasteiger partial charge in [-0.25, -0.2) is 4.79 Å². The van der Waals surface area contributed by atoms with Gasteiger partial charge >= 0.3 is 6.09 Å². The number of ether oxygens (including phenoxy) is 1. The van der Waals surface area contributed by atoms with E-state index in [4.69, 9.17) is 4.74 Å². The van der Waals surface area contributed by atoms with Crippen molar-refractivity contribution in [2.45, 2.75) is 45.6 Å². The molecule has 0 bridgehead atoms. The molecule has 0 unspecified atom stereocenters. The molecule has 0 radical (unpaired) electrons. The molecule has 2 aliphatic heterocycles. The van der Waals surface area contributed by atoms with Crippen molar-refractivity contribution in [1.29, 1.82) is 0 Å². The molecule has 0 aromatic carbocycles. The van der Waals surface area contributed by atoms with E-state index in [1.54, 1.807) is 4.90 Å². The average molecular weight is 325 g/mol. The first-order chi connectivity index (χ1) is 11.0. The summed E-state index contributed by atoms with van der Waals surface area (Å²) < 4.78 is 4.85. The van der Waals surface area contributed by atoms with E-state index in [9.17, 15) is 9.59 Å². The van der Waals surface area contributed by atoms with E-state index in [0.717, 1.165) is 58.4 Å². The van der Waals surface area contributed by atoms with Crippen LogP contribution in [0.25, 0.3) is 0 Å². The molecule has 6 heteroatoms. The highest BCUT2D eigenvalue weighted by atomic mass is 16.5. The van der Waals surface area contributed by atoms with Crippen molar-refractivity contribution in [2.24, 2.45) is 5.92 Å². The molecule has 2 fully saturated rings. The summed E-state index contributed by atoms with van der Waals surface area (Å²) >= 11 is 0. The van der Waals surface area contributed by atoms with E-state index in [1.165, 1.54) is 7.11 Å². The Balaban J connectivity index is 1.96. The van der Waals surface area contributed by atoms with Crippen LogP contribution in [-0.2, 0) is 9.53 Å². The topological polar surface area (TPSA) is 53.1 Å². The third-order valence-corrected chi connectivity index (χ3v) is 4.72. The predicted octanol–water partition coefficient (Wildman–Crippen LogP) is 1.80. The Bertz CT molecular complexity index is 414. The Morgan fingerprint density at radius 3 is 2.52 bits per heavy atom. The van der Waals surface area contributed by atoms with Gasteiger partial charge < -0.3 is 14.5 Å². The summed E-state index contributed by atoms with van der Waals surface area (Å²) in [7, 11) is 1.38. The summed E-state index contributed by atoms with van der Waals surface area (Å²) in [6, 6.07) is -0.340. The van der Waals surface area contributed by atoms with Crippen LogP contribution in [0.15, 0.2) is 0 Å². The molecular formula is C17H31N3O3. The quantitative estimate of drug-likeness (QED) is 0.794. The zero-order valence-corrected chi connectivity index (χ0v) is 14.8. The van der Waals surface area contributed by atoms with Crippen molar-refractivity contribution in [1.82, 2.24) is 14.7 Å². The second kappa shape index (κ2) is 8.52. The van der Waals surface area contributed by atoms with Gasteiger partial charge in [0.2, 0.25) is 5.91 Å². The summed E-state index contributed by atoms with van der Waals surface area (Å²) in [6.07, 6.45) is 3.32. The number of carbonyl (C=O) groups excluding carboxylic acids is 2. The van der Waals surface area contributed by atoms with E-state index in [1.807, 2.05) is 4.90 Å². The molecular weight excluding hydrogens is 294 g/mol. The molecule has 23 heavy (non-hydrogen) atoms. The Morgan fingerprint density at radius 1 is 1.04 bits per heavy atom. The minimum atomic E-state index is -0.376. The molecule has 0 saturated carbocycles. The van der Waals surface area contributed by atoms with Crippen LogP contribution in [-0.4, -0.2) is 79.1 Å². The Kier molecular flexibility index (Phi) is 6.69. The molecule has 0 spiro atoms. The van der Waals surface area contributed by atoms with Crippen LogP contribution in [0.5, 0.6) is 0 Å². The van der Waals surface area contributed by atoms with Gasteiger partial charge in [0.1, 0.15) is 6.04 Å². The highest BCUT2D eigenvalue weighted by Crippen LogP contribution is 2.20. The lowest BCUT2D eigenvalue weighted by Gasteiger charge is -2.36. The fourth-order valence-electron chi connectivity index (χ4n) is 3.63. The van der Waals surface area contributed by atoms with Crippen LogP contribution in [0.1, 0.15) is 39.5 Å². The number of likely N-dealkylation sites (tertiary alicyclic amines) is 1. The third-order valence-electron chi connectivity index (χ3n) is 4.72. The first kappa shape index (κ1) is 18.0. The first-order valence-electron chi connectivity index (χ1n) is 8.88. The van der Waals surface area contributed by atoms with Crippen molar-refractivity contribution >= 4 is 12.0 Å². The van der Waals surface area contributed by atoms with Crippen LogP contribution in [0, 0.1) is 5.92 Å². The molecule has 6 nitrogen and oxygen atoms in total. The summed E-state index contributed by atoms with van der Waals surface area (Å²) in [5, 5.41) is 0. The fourth-order valence-corrected chi connectivity index (χ4v) is 3.63. The van der Waals surface area contributed by atoms with Gasteiger partial charge in [-0.2, -0.15) is 0 Å². The number of amides is 2. The third kappa shape index (κ3) is 4.83. The van der Waals surface area contributed by atoms with Crippen LogP contribution < -0.4 is 0 Å². The first-order valence-corrected chi connectivity index (χ1v) is 8.88. The molecule has 2 rings (SSSR count). The van der Waals surface area contributed by atoms with Gasteiger partial charge in [-0.05, 0) is 38.1 Å². The lowest BCUT2D eigenvalue weighted by Crippen LogP contribution is -2.53. The zero-order valence-electron chi connectivity index (χ0n) is 14.8. The smallest absolute Gasteiger partial charge is 0.410 e. The monoisotopic (exact) mass is 325 g/mol. The van der Waals surface area contributed by atoms with Crippen molar-refractivity contribution < 1.29 is 14.3 Å². The molecule has 2 saturated heterocycles. The van der Waals surface area contributed by atoms with Gasteiger partial charge in [0.25, 0.3) is 0 Å². The number of hydrogen-bond acceptors (Lipinski definition) is 4. The van der Waals surface area contributed by atoms with E-state index in [-0.39, 0.29) is 18.0 Å². The Hall–Kier alpha value is -1.30. The predicted molar refractivity (Wildman–Crippen MR) is 89.2 cm³/mol. The maximum Gasteiger partial charge on any atom is 0.410 e. The standard InChI is InChI=1S/C17H31N3O3/c1-14(2)13-18-8-6-9-19(12-11-18)16(21)15-7-4-5-10-20(15)17(22)23-3/h14-15H,4-13H2,1-3H3/t15-/m0/s1. The van der Waals surface area contributed by atoms with E-state index < -0.39 is 0 Å². The largest absolute Gasteiger partial charge is 0.453 e. The normalized spacial score (nSPS) is 23.7. The zero-order chi connectivity index (χ0) is 16.8. The highest BCUT2D eigenvalue weighted by Gasteiger charge is 2.35. The summed E-state index contributed by atoms with van der Waals surface area (Å²) in [6.45, 7) is 9.68. The van der Waals surface area contributed by atoms with Crippen molar-refractivity contribution in [3.63, 3.8) is 0 Å². The molecule has 132 valence electrons. The van der Waals surface area contributed by atoms with Crippen LogP contribution in [0.4, 0.5) is 4.79 Å². The molecule has 0 aliphatic carbocycles. The maximum atomic E-state index is 12.9. The number of piperidine rings is 1. The molecule has 2 heterocycles. The number of hydrogen-bond donors (Lipinski definition) is 0. The van der Waals surface area contributed by atoms with E-state index >= 15 is 0 Å². The van der Waals surface area contributed by atoms with Gasteiger partial charge in [0, 0.05) is 32.7 Å². The number of carbonyl (C=O) groups is 2. The fraction of sp³-hybridized carbons (Fsp3) is 0.882. The Labute approximate surface area is 139 Å². The summed E-state index contributed by atoms with van der Waals surface area (Å²) in [5.74, 6) is 0.743. The molecule has 0 aromatic heterocycles. The molecule has 0 aromatic rings. The van der Waals surface area contributed by atoms with E-state index in [0.29, 0.717) is 12.5 Å². The molecule has 2 aliphatic rings. The molecule has 1 atom stereocenters. The average Bonchev–Trinajstić information content (AvgIpc) is 2.78. The lowest BCUT2D eigenvalue weighted by atomic mass is 10.0. The number of rotatable bonds is 3. The number of methoxy groups -OCH3 is 1. The molecule has 2 amide bonds. The highest BCUT2D eigenvalue weighted by molar-refractivity contribution is 5.86. The second-order valence-electron chi connectivity index (χ2n) is 7.05. The lowest BCUT2D eigenvalue weighted by molar-refractivity contribution is -0.137.